The van der Waals surface area contributed by atoms with Crippen molar-refractivity contribution in [2.45, 2.75) is 64.8 Å². The van der Waals surface area contributed by atoms with Crippen LogP contribution in [0.2, 0.25) is 0 Å². The number of carbonyl (C=O) groups is 2. The summed E-state index contributed by atoms with van der Waals surface area (Å²) in [5.74, 6) is -0.217. The molecule has 4 rings (SSSR count). The lowest BCUT2D eigenvalue weighted by molar-refractivity contribution is -0.139. The maximum absolute atomic E-state index is 11.9. The SMILES string of the molecule is C=C(c1ccc(CN2C(=O)CCC2=O)cn1)c1cc2c(cc1C)C(C)(C)C=CC2(C)C. The van der Waals surface area contributed by atoms with Crippen LogP contribution in [0.5, 0.6) is 0 Å². The lowest BCUT2D eigenvalue weighted by Crippen LogP contribution is -2.29. The standard InChI is InChI=1S/C27H30N2O2/c1-17-13-21-22(27(5,6)12-11-26(21,3)4)14-20(17)18(2)23-8-7-19(15-28-23)16-29-24(30)9-10-25(29)31/h7-8,11-15H,2,9-10,16H2,1,3-6H3. The van der Waals surface area contributed by atoms with Crippen LogP contribution >= 0.6 is 0 Å². The summed E-state index contributed by atoms with van der Waals surface area (Å²) in [6.45, 7) is 15.7. The first-order valence-electron chi connectivity index (χ1n) is 10.8. The molecule has 1 saturated heterocycles. The number of carbonyl (C=O) groups excluding carboxylic acids is 2. The summed E-state index contributed by atoms with van der Waals surface area (Å²) >= 11 is 0. The number of rotatable bonds is 4. The van der Waals surface area contributed by atoms with Gasteiger partial charge in [0.1, 0.15) is 0 Å². The number of benzene rings is 1. The Morgan fingerprint density at radius 1 is 1.00 bits per heavy atom. The van der Waals surface area contributed by atoms with Crippen molar-refractivity contribution in [2.24, 2.45) is 0 Å². The fraction of sp³-hybridized carbons (Fsp3) is 0.370. The summed E-state index contributed by atoms with van der Waals surface area (Å²) < 4.78 is 0. The maximum atomic E-state index is 11.9. The molecule has 0 spiro atoms. The van der Waals surface area contributed by atoms with Gasteiger partial charge in [0.05, 0.1) is 12.2 Å². The highest BCUT2D eigenvalue weighted by atomic mass is 16.2. The number of pyridine rings is 1. The molecule has 160 valence electrons. The Hall–Kier alpha value is -3.01. The molecule has 4 heteroatoms. The minimum atomic E-state index is -0.109. The van der Waals surface area contributed by atoms with Crippen molar-refractivity contribution in [1.29, 1.82) is 0 Å². The molecule has 2 aromatic rings. The molecule has 2 aliphatic rings. The number of hydrogen-bond donors (Lipinski definition) is 0. The molecule has 0 saturated carbocycles. The fourth-order valence-corrected chi connectivity index (χ4v) is 4.51. The molecular weight excluding hydrogens is 384 g/mol. The van der Waals surface area contributed by atoms with E-state index in [4.69, 9.17) is 0 Å². The lowest BCUT2D eigenvalue weighted by Gasteiger charge is -2.37. The molecule has 0 atom stereocenters. The summed E-state index contributed by atoms with van der Waals surface area (Å²) in [5, 5.41) is 0. The van der Waals surface area contributed by atoms with Gasteiger partial charge in [-0.25, -0.2) is 0 Å². The molecule has 0 unspecified atom stereocenters. The zero-order valence-corrected chi connectivity index (χ0v) is 19.1. The van der Waals surface area contributed by atoms with Gasteiger partial charge < -0.3 is 0 Å². The molecule has 2 amide bonds. The molecule has 4 nitrogen and oxygen atoms in total. The van der Waals surface area contributed by atoms with E-state index in [2.05, 4.69) is 70.5 Å². The molecule has 1 aliphatic heterocycles. The van der Waals surface area contributed by atoms with Crippen molar-refractivity contribution in [3.8, 4) is 0 Å². The summed E-state index contributed by atoms with van der Waals surface area (Å²) in [5.41, 5.74) is 7.44. The van der Waals surface area contributed by atoms with Crippen LogP contribution in [-0.2, 0) is 27.0 Å². The molecule has 1 fully saturated rings. The van der Waals surface area contributed by atoms with E-state index in [1.165, 1.54) is 21.6 Å². The monoisotopic (exact) mass is 414 g/mol. The Morgan fingerprint density at radius 2 is 1.58 bits per heavy atom. The minimum absolute atomic E-state index is 0.000182. The number of amides is 2. The van der Waals surface area contributed by atoms with Gasteiger partial charge in [0.25, 0.3) is 0 Å². The minimum Gasteiger partial charge on any atom is -0.278 e. The van der Waals surface area contributed by atoms with Crippen LogP contribution in [-0.4, -0.2) is 21.7 Å². The second-order valence-corrected chi connectivity index (χ2v) is 9.89. The van der Waals surface area contributed by atoms with Crippen molar-refractivity contribution in [3.63, 3.8) is 0 Å². The van der Waals surface area contributed by atoms with Gasteiger partial charge in [-0.3, -0.25) is 19.5 Å². The largest absolute Gasteiger partial charge is 0.278 e. The Balaban J connectivity index is 1.63. The first-order chi connectivity index (χ1) is 14.5. The molecule has 31 heavy (non-hydrogen) atoms. The third kappa shape index (κ3) is 3.76. The van der Waals surface area contributed by atoms with Crippen molar-refractivity contribution in [3.05, 3.63) is 82.7 Å². The molecule has 0 N–H and O–H groups in total. The van der Waals surface area contributed by atoms with Gasteiger partial charge in [-0.2, -0.15) is 0 Å². The number of likely N-dealkylation sites (tertiary alicyclic amines) is 1. The van der Waals surface area contributed by atoms with Crippen LogP contribution in [0.25, 0.3) is 5.57 Å². The topological polar surface area (TPSA) is 50.3 Å². The number of aryl methyl sites for hydroxylation is 1. The molecule has 1 aliphatic carbocycles. The van der Waals surface area contributed by atoms with Crippen LogP contribution < -0.4 is 0 Å². The molecule has 0 bridgehead atoms. The van der Waals surface area contributed by atoms with Crippen LogP contribution in [0.15, 0.2) is 49.2 Å². The van der Waals surface area contributed by atoms with Gasteiger partial charge in [-0.1, -0.05) is 58.6 Å². The van der Waals surface area contributed by atoms with Crippen molar-refractivity contribution < 1.29 is 9.59 Å². The first kappa shape index (κ1) is 21.2. The van der Waals surface area contributed by atoms with Crippen LogP contribution in [0, 0.1) is 6.92 Å². The molecule has 2 heterocycles. The average Bonchev–Trinajstić information content (AvgIpc) is 3.03. The van der Waals surface area contributed by atoms with E-state index in [0.717, 1.165) is 22.4 Å². The van der Waals surface area contributed by atoms with E-state index in [9.17, 15) is 9.59 Å². The van der Waals surface area contributed by atoms with Gasteiger partial charge in [-0.15, -0.1) is 0 Å². The smallest absolute Gasteiger partial charge is 0.229 e. The summed E-state index contributed by atoms with van der Waals surface area (Å²) in [6.07, 6.45) is 6.95. The van der Waals surface area contributed by atoms with E-state index < -0.39 is 0 Å². The summed E-state index contributed by atoms with van der Waals surface area (Å²) in [4.78, 5) is 29.7. The van der Waals surface area contributed by atoms with Crippen molar-refractivity contribution in [2.75, 3.05) is 0 Å². The third-order valence-corrected chi connectivity index (χ3v) is 6.62. The Labute approximate surface area is 184 Å². The van der Waals surface area contributed by atoms with Crippen molar-refractivity contribution in [1.82, 2.24) is 9.88 Å². The van der Waals surface area contributed by atoms with Gasteiger partial charge >= 0.3 is 0 Å². The fourth-order valence-electron chi connectivity index (χ4n) is 4.51. The lowest BCUT2D eigenvalue weighted by atomic mass is 9.67. The summed E-state index contributed by atoms with van der Waals surface area (Å²) in [6, 6.07) is 8.42. The normalized spacial score (nSPS) is 18.9. The van der Waals surface area contributed by atoms with Gasteiger partial charge in [0.2, 0.25) is 11.8 Å². The Bertz CT molecular complexity index is 1100. The predicted octanol–water partition coefficient (Wildman–Crippen LogP) is 5.23. The number of fused-ring (bicyclic) bond motifs is 1. The molecule has 1 aromatic heterocycles. The number of allylic oxidation sites excluding steroid dienone is 2. The molecule has 0 radical (unpaired) electrons. The molecule has 1 aromatic carbocycles. The highest BCUT2D eigenvalue weighted by Crippen LogP contribution is 2.43. The Morgan fingerprint density at radius 3 is 2.13 bits per heavy atom. The number of imide groups is 1. The second kappa shape index (κ2) is 7.30. The Kier molecular flexibility index (Phi) is 5.00. The molecular formula is C27H30N2O2. The maximum Gasteiger partial charge on any atom is 0.229 e. The second-order valence-electron chi connectivity index (χ2n) is 9.89. The number of nitrogens with zero attached hydrogens (tertiary/aromatic N) is 2. The van der Waals surface area contributed by atoms with Gasteiger partial charge in [-0.05, 0) is 46.9 Å². The van der Waals surface area contributed by atoms with Crippen LogP contribution in [0.1, 0.15) is 74.0 Å². The van der Waals surface area contributed by atoms with E-state index in [1.807, 2.05) is 12.1 Å². The predicted molar refractivity (Wildman–Crippen MR) is 124 cm³/mol. The average molecular weight is 415 g/mol. The first-order valence-corrected chi connectivity index (χ1v) is 10.8. The zero-order chi connectivity index (χ0) is 22.6. The van der Waals surface area contributed by atoms with Gasteiger partial charge in [0.15, 0.2) is 0 Å². The zero-order valence-electron chi connectivity index (χ0n) is 19.1. The third-order valence-electron chi connectivity index (χ3n) is 6.62. The summed E-state index contributed by atoms with van der Waals surface area (Å²) in [7, 11) is 0. The quantitative estimate of drug-likeness (QED) is 0.509. The van der Waals surface area contributed by atoms with E-state index in [-0.39, 0.29) is 29.2 Å². The van der Waals surface area contributed by atoms with E-state index in [1.54, 1.807) is 6.20 Å². The number of hydrogen-bond acceptors (Lipinski definition) is 3. The number of aromatic nitrogens is 1. The van der Waals surface area contributed by atoms with E-state index in [0.29, 0.717) is 12.8 Å². The van der Waals surface area contributed by atoms with Crippen LogP contribution in [0.3, 0.4) is 0 Å². The van der Waals surface area contributed by atoms with Crippen molar-refractivity contribution >= 4 is 17.4 Å². The highest BCUT2D eigenvalue weighted by Gasteiger charge is 2.33. The van der Waals surface area contributed by atoms with Crippen LogP contribution in [0.4, 0.5) is 0 Å². The van der Waals surface area contributed by atoms with Gasteiger partial charge in [0, 0.05) is 35.4 Å². The highest BCUT2D eigenvalue weighted by molar-refractivity contribution is 6.01. The van der Waals surface area contributed by atoms with E-state index >= 15 is 0 Å².